The highest BCUT2D eigenvalue weighted by atomic mass is 19.4. The molecule has 4 nitrogen and oxygen atoms in total. The fraction of sp³-hybridized carbons (Fsp3) is 0.294. The van der Waals surface area contributed by atoms with Crippen LogP contribution in [-0.2, 0) is 11.0 Å². The summed E-state index contributed by atoms with van der Waals surface area (Å²) in [6.45, 7) is 1.85. The van der Waals surface area contributed by atoms with E-state index in [-0.39, 0.29) is 11.8 Å². The van der Waals surface area contributed by atoms with E-state index in [1.165, 1.54) is 24.0 Å². The van der Waals surface area contributed by atoms with Crippen LogP contribution < -0.4 is 5.32 Å². The summed E-state index contributed by atoms with van der Waals surface area (Å²) in [5, 5.41) is 2.71. The molecular weight excluding hydrogens is 321 g/mol. The number of halogens is 3. The molecule has 0 saturated carbocycles. The van der Waals surface area contributed by atoms with Gasteiger partial charge in [-0.1, -0.05) is 18.2 Å². The molecule has 1 atom stereocenters. The zero-order valence-electron chi connectivity index (χ0n) is 12.9. The molecule has 7 heteroatoms. The lowest BCUT2D eigenvalue weighted by Gasteiger charge is -2.37. The van der Waals surface area contributed by atoms with Crippen LogP contribution in [0.5, 0.6) is 0 Å². The molecule has 0 fully saturated rings. The minimum Gasteiger partial charge on any atom is -0.327 e. The Morgan fingerprint density at radius 1 is 1.25 bits per heavy atom. The molecule has 24 heavy (non-hydrogen) atoms. The van der Waals surface area contributed by atoms with Gasteiger partial charge in [0.2, 0.25) is 0 Å². The van der Waals surface area contributed by atoms with Crippen molar-refractivity contribution < 1.29 is 22.8 Å². The van der Waals surface area contributed by atoms with Crippen molar-refractivity contribution in [2.45, 2.75) is 25.6 Å². The molecule has 0 aliphatic carbocycles. The van der Waals surface area contributed by atoms with Crippen LogP contribution in [0.2, 0.25) is 0 Å². The second-order valence-corrected chi connectivity index (χ2v) is 5.70. The third kappa shape index (κ3) is 2.81. The molecule has 1 N–H and O–H groups in total. The first-order valence-electron chi connectivity index (χ1n) is 7.46. The maximum Gasteiger partial charge on any atom is 0.416 e. The van der Waals surface area contributed by atoms with Crippen molar-refractivity contribution in [3.63, 3.8) is 0 Å². The summed E-state index contributed by atoms with van der Waals surface area (Å²) < 4.78 is 38.1. The highest BCUT2D eigenvalue weighted by molar-refractivity contribution is 5.99. The summed E-state index contributed by atoms with van der Waals surface area (Å²) in [5.41, 5.74) is 0.560. The smallest absolute Gasteiger partial charge is 0.327 e. The van der Waals surface area contributed by atoms with Gasteiger partial charge in [-0.25, -0.2) is 4.79 Å². The van der Waals surface area contributed by atoms with Crippen molar-refractivity contribution in [1.29, 1.82) is 0 Å². The lowest BCUT2D eigenvalue weighted by molar-refractivity contribution is -0.137. The van der Waals surface area contributed by atoms with Crippen LogP contribution >= 0.6 is 0 Å². The third-order valence-electron chi connectivity index (χ3n) is 4.11. The molecule has 1 unspecified atom stereocenters. The molecule has 0 bridgehead atoms. The van der Waals surface area contributed by atoms with Gasteiger partial charge in [0.25, 0.3) is 0 Å². The number of amides is 2. The van der Waals surface area contributed by atoms with Crippen LogP contribution in [0.3, 0.4) is 0 Å². The van der Waals surface area contributed by atoms with Crippen LogP contribution in [0, 0.1) is 0 Å². The number of carbonyl (C=O) groups is 2. The van der Waals surface area contributed by atoms with Gasteiger partial charge < -0.3 is 5.32 Å². The number of hydrogen-bond donors (Lipinski definition) is 1. The summed E-state index contributed by atoms with van der Waals surface area (Å²) in [6.07, 6.45) is -0.153. The van der Waals surface area contributed by atoms with E-state index in [2.05, 4.69) is 5.32 Å². The number of nitrogens with zero attached hydrogens (tertiary/aromatic N) is 1. The monoisotopic (exact) mass is 336 g/mol. The van der Waals surface area contributed by atoms with Crippen LogP contribution in [0.25, 0.3) is 0 Å². The minimum absolute atomic E-state index is 0.230. The highest BCUT2D eigenvalue weighted by Gasteiger charge is 2.36. The number of Topliss-reactive ketones (excluding diaryl/α,β-unsaturated/α-hetero) is 1. The molecular formula is C17H15F3N2O2. The lowest BCUT2D eigenvalue weighted by Crippen LogP contribution is -2.48. The lowest BCUT2D eigenvalue weighted by atomic mass is 9.90. The number of ketones is 1. The molecule has 0 spiro atoms. The Hall–Kier alpha value is -2.57. The van der Waals surface area contributed by atoms with E-state index in [9.17, 15) is 22.8 Å². The summed E-state index contributed by atoms with van der Waals surface area (Å²) in [6, 6.07) is 3.37. The number of urea groups is 1. The molecule has 126 valence electrons. The van der Waals surface area contributed by atoms with E-state index in [1.807, 2.05) is 6.08 Å². The average molecular weight is 336 g/mol. The van der Waals surface area contributed by atoms with Gasteiger partial charge in [-0.05, 0) is 37.1 Å². The number of nitrogens with one attached hydrogen (secondary N) is 1. The van der Waals surface area contributed by atoms with Gasteiger partial charge in [-0.3, -0.25) is 9.69 Å². The number of rotatable bonds is 2. The standard InChI is InChI=1S/C17H15F3N2O2/c1-10(23)14-13-4-2-3-9-22(13)16(24)21-15(14)11-5-7-12(8-6-11)17(18,19)20/h2,4-8,15H,3,9H2,1H3,(H,21,24). The Labute approximate surface area is 136 Å². The van der Waals surface area contributed by atoms with Crippen LogP contribution in [0.1, 0.15) is 30.5 Å². The van der Waals surface area contributed by atoms with Gasteiger partial charge in [0.05, 0.1) is 17.3 Å². The first-order valence-corrected chi connectivity index (χ1v) is 7.46. The van der Waals surface area contributed by atoms with Crippen molar-refractivity contribution in [3.05, 3.63) is 58.8 Å². The van der Waals surface area contributed by atoms with E-state index in [4.69, 9.17) is 0 Å². The zero-order chi connectivity index (χ0) is 17.5. The molecule has 0 saturated heterocycles. The molecule has 3 rings (SSSR count). The summed E-state index contributed by atoms with van der Waals surface area (Å²) in [4.78, 5) is 25.9. The predicted octanol–water partition coefficient (Wildman–Crippen LogP) is 3.57. The first kappa shape index (κ1) is 16.3. The number of alkyl halides is 3. The molecule has 0 aromatic heterocycles. The maximum atomic E-state index is 12.7. The number of fused-ring (bicyclic) bond motifs is 1. The minimum atomic E-state index is -4.43. The quantitative estimate of drug-likeness (QED) is 0.897. The predicted molar refractivity (Wildman–Crippen MR) is 80.9 cm³/mol. The fourth-order valence-corrected chi connectivity index (χ4v) is 2.97. The Kier molecular flexibility index (Phi) is 3.95. The fourth-order valence-electron chi connectivity index (χ4n) is 2.97. The van der Waals surface area contributed by atoms with Crippen molar-refractivity contribution in [3.8, 4) is 0 Å². The number of carbonyl (C=O) groups excluding carboxylic acids is 2. The van der Waals surface area contributed by atoms with E-state index in [0.29, 0.717) is 29.8 Å². The summed E-state index contributed by atoms with van der Waals surface area (Å²) in [5.74, 6) is -0.230. The average Bonchev–Trinajstić information content (AvgIpc) is 2.53. The van der Waals surface area contributed by atoms with Crippen LogP contribution in [0.15, 0.2) is 47.7 Å². The number of hydrogen-bond acceptors (Lipinski definition) is 2. The highest BCUT2D eigenvalue weighted by Crippen LogP contribution is 2.35. The van der Waals surface area contributed by atoms with Gasteiger partial charge in [-0.15, -0.1) is 0 Å². The molecule has 2 amide bonds. The summed E-state index contributed by atoms with van der Waals surface area (Å²) >= 11 is 0. The van der Waals surface area contributed by atoms with Gasteiger partial charge in [-0.2, -0.15) is 13.2 Å². The van der Waals surface area contributed by atoms with Crippen molar-refractivity contribution in [2.24, 2.45) is 0 Å². The van der Waals surface area contributed by atoms with Gasteiger partial charge >= 0.3 is 12.2 Å². The maximum absolute atomic E-state index is 12.7. The zero-order valence-corrected chi connectivity index (χ0v) is 12.9. The third-order valence-corrected chi connectivity index (χ3v) is 4.11. The molecule has 1 aromatic carbocycles. The first-order chi connectivity index (χ1) is 11.3. The molecule has 2 heterocycles. The second kappa shape index (κ2) is 5.81. The molecule has 2 aliphatic heterocycles. The van der Waals surface area contributed by atoms with Crippen molar-refractivity contribution >= 4 is 11.8 Å². The molecule has 2 aliphatic rings. The van der Waals surface area contributed by atoms with E-state index < -0.39 is 17.8 Å². The van der Waals surface area contributed by atoms with Crippen LogP contribution in [0.4, 0.5) is 18.0 Å². The second-order valence-electron chi connectivity index (χ2n) is 5.70. The van der Waals surface area contributed by atoms with Crippen molar-refractivity contribution in [1.82, 2.24) is 10.2 Å². The van der Waals surface area contributed by atoms with Crippen molar-refractivity contribution in [2.75, 3.05) is 6.54 Å². The Morgan fingerprint density at radius 3 is 2.50 bits per heavy atom. The number of benzene rings is 1. The van der Waals surface area contributed by atoms with Gasteiger partial charge in [0, 0.05) is 12.1 Å². The SMILES string of the molecule is CC(=O)C1=C2C=CCCN2C(=O)NC1c1ccc(C(F)(F)F)cc1. The topological polar surface area (TPSA) is 49.4 Å². The van der Waals surface area contributed by atoms with E-state index >= 15 is 0 Å². The van der Waals surface area contributed by atoms with E-state index in [0.717, 1.165) is 12.1 Å². The number of allylic oxidation sites excluding steroid dienone is 1. The van der Waals surface area contributed by atoms with Gasteiger partial charge in [0.15, 0.2) is 5.78 Å². The molecule has 1 aromatic rings. The normalized spacial score (nSPS) is 20.8. The Balaban J connectivity index is 2.06. The van der Waals surface area contributed by atoms with Gasteiger partial charge in [0.1, 0.15) is 0 Å². The van der Waals surface area contributed by atoms with Crippen LogP contribution in [-0.4, -0.2) is 23.3 Å². The Bertz CT molecular complexity index is 748. The van der Waals surface area contributed by atoms with E-state index in [1.54, 1.807) is 6.08 Å². The largest absolute Gasteiger partial charge is 0.416 e. The molecule has 0 radical (unpaired) electrons. The Morgan fingerprint density at radius 2 is 1.92 bits per heavy atom. The summed E-state index contributed by atoms with van der Waals surface area (Å²) in [7, 11) is 0.